The van der Waals surface area contributed by atoms with Crippen LogP contribution in [-0.4, -0.2) is 61.1 Å². The zero-order valence-corrected chi connectivity index (χ0v) is 13.8. The first kappa shape index (κ1) is 19.8. The second-order valence-electron chi connectivity index (χ2n) is 5.18. The smallest absolute Gasteiger partial charge is 0.304 e. The number of carbonyl (C=O) groups is 4. The van der Waals surface area contributed by atoms with Gasteiger partial charge in [-0.05, 0) is 0 Å². The molecule has 24 heavy (non-hydrogen) atoms. The summed E-state index contributed by atoms with van der Waals surface area (Å²) in [4.78, 5) is 44.9. The number of esters is 4. The van der Waals surface area contributed by atoms with Crippen molar-refractivity contribution in [2.24, 2.45) is 5.73 Å². The quantitative estimate of drug-likeness (QED) is 0.487. The van der Waals surface area contributed by atoms with E-state index >= 15 is 0 Å². The molecule has 1 aliphatic rings. The molecular weight excluding hydrogens is 326 g/mol. The Morgan fingerprint density at radius 3 is 1.79 bits per heavy atom. The Bertz CT molecular complexity index is 490. The molecule has 0 saturated carbocycles. The average Bonchev–Trinajstić information content (AvgIpc) is 2.42. The summed E-state index contributed by atoms with van der Waals surface area (Å²) in [6, 6.07) is -1.10. The Hall–Kier alpha value is -2.20. The summed E-state index contributed by atoms with van der Waals surface area (Å²) < 4.78 is 25.5. The van der Waals surface area contributed by atoms with E-state index in [9.17, 15) is 19.2 Å². The van der Waals surface area contributed by atoms with Crippen LogP contribution in [0.4, 0.5) is 0 Å². The summed E-state index contributed by atoms with van der Waals surface area (Å²) in [5.41, 5.74) is 5.93. The van der Waals surface area contributed by atoms with E-state index in [1.54, 1.807) is 0 Å². The minimum absolute atomic E-state index is 0.310. The maximum Gasteiger partial charge on any atom is 0.304 e. The molecule has 1 saturated heterocycles. The van der Waals surface area contributed by atoms with E-state index in [1.165, 1.54) is 6.92 Å². The predicted octanol–water partition coefficient (Wildman–Crippen LogP) is -0.972. The third-order valence-corrected chi connectivity index (χ3v) is 3.03. The third kappa shape index (κ3) is 5.78. The molecule has 0 aromatic carbocycles. The molecule has 1 aliphatic heterocycles. The number of ether oxygens (including phenoxy) is 5. The second-order valence-corrected chi connectivity index (χ2v) is 5.18. The lowest BCUT2D eigenvalue weighted by molar-refractivity contribution is -0.267. The van der Waals surface area contributed by atoms with Gasteiger partial charge in [-0.3, -0.25) is 19.2 Å². The van der Waals surface area contributed by atoms with Gasteiger partial charge in [0.05, 0.1) is 0 Å². The van der Waals surface area contributed by atoms with Crippen LogP contribution in [0.1, 0.15) is 27.7 Å². The second kappa shape index (κ2) is 8.60. The fourth-order valence-corrected chi connectivity index (χ4v) is 2.20. The first-order chi connectivity index (χ1) is 11.1. The van der Waals surface area contributed by atoms with Crippen molar-refractivity contribution in [3.05, 3.63) is 0 Å². The zero-order chi connectivity index (χ0) is 18.4. The Balaban J connectivity index is 3.08. The number of nitrogens with two attached hydrogens (primary N) is 1. The van der Waals surface area contributed by atoms with E-state index in [-0.39, 0.29) is 6.61 Å². The highest BCUT2D eigenvalue weighted by Crippen LogP contribution is 2.26. The van der Waals surface area contributed by atoms with Crippen LogP contribution in [0.25, 0.3) is 0 Å². The molecule has 3 unspecified atom stereocenters. The number of hydrogen-bond acceptors (Lipinski definition) is 10. The van der Waals surface area contributed by atoms with E-state index in [0.717, 1.165) is 20.8 Å². The SMILES string of the molecule is CC(=O)OCC1OC(OC(C)=O)C(N)[C@@H](OC(C)=O)[C@H]1OC(C)=O. The molecule has 1 rings (SSSR count). The van der Waals surface area contributed by atoms with E-state index in [0.29, 0.717) is 0 Å². The summed E-state index contributed by atoms with van der Waals surface area (Å²) >= 11 is 0. The van der Waals surface area contributed by atoms with Gasteiger partial charge in [0.1, 0.15) is 18.8 Å². The van der Waals surface area contributed by atoms with Gasteiger partial charge in [-0.1, -0.05) is 0 Å². The molecule has 10 nitrogen and oxygen atoms in total. The van der Waals surface area contributed by atoms with Crippen molar-refractivity contribution in [1.82, 2.24) is 0 Å². The molecule has 5 atom stereocenters. The fourth-order valence-electron chi connectivity index (χ4n) is 2.20. The van der Waals surface area contributed by atoms with Gasteiger partial charge in [0.2, 0.25) is 6.29 Å². The summed E-state index contributed by atoms with van der Waals surface area (Å²) in [5.74, 6) is -2.62. The van der Waals surface area contributed by atoms with Gasteiger partial charge in [-0.25, -0.2) is 0 Å². The highest BCUT2D eigenvalue weighted by atomic mass is 16.7. The molecule has 0 aromatic heterocycles. The van der Waals surface area contributed by atoms with Gasteiger partial charge in [0.15, 0.2) is 12.2 Å². The molecule has 0 amide bonds. The van der Waals surface area contributed by atoms with Gasteiger partial charge in [-0.2, -0.15) is 0 Å². The van der Waals surface area contributed by atoms with E-state index in [1.807, 2.05) is 0 Å². The maximum absolute atomic E-state index is 11.3. The Labute approximate surface area is 138 Å². The lowest BCUT2D eigenvalue weighted by Gasteiger charge is -2.42. The van der Waals surface area contributed by atoms with Crippen LogP contribution in [0.3, 0.4) is 0 Å². The molecule has 10 heteroatoms. The molecule has 1 fully saturated rings. The molecule has 2 N–H and O–H groups in total. The summed E-state index contributed by atoms with van der Waals surface area (Å²) in [7, 11) is 0. The highest BCUT2D eigenvalue weighted by Gasteiger charge is 2.50. The number of hydrogen-bond donors (Lipinski definition) is 1. The highest BCUT2D eigenvalue weighted by molar-refractivity contribution is 5.68. The van der Waals surface area contributed by atoms with E-state index < -0.39 is 54.5 Å². The van der Waals surface area contributed by atoms with Crippen molar-refractivity contribution in [2.75, 3.05) is 6.61 Å². The molecule has 1 heterocycles. The molecule has 0 radical (unpaired) electrons. The minimum atomic E-state index is -1.26. The maximum atomic E-state index is 11.3. The van der Waals surface area contributed by atoms with Crippen molar-refractivity contribution < 1.29 is 42.9 Å². The first-order valence-electron chi connectivity index (χ1n) is 7.18. The minimum Gasteiger partial charge on any atom is -0.463 e. The van der Waals surface area contributed by atoms with Crippen molar-refractivity contribution in [3.8, 4) is 0 Å². The van der Waals surface area contributed by atoms with Crippen LogP contribution in [0.2, 0.25) is 0 Å². The fraction of sp³-hybridized carbons (Fsp3) is 0.714. The normalized spacial score (nSPS) is 29.3. The molecule has 0 aliphatic carbocycles. The van der Waals surface area contributed by atoms with Gasteiger partial charge in [0.25, 0.3) is 0 Å². The Kier molecular flexibility index (Phi) is 7.11. The molecule has 0 spiro atoms. The lowest BCUT2D eigenvalue weighted by atomic mass is 9.97. The van der Waals surface area contributed by atoms with Crippen LogP contribution in [0, 0.1) is 0 Å². The number of carbonyl (C=O) groups excluding carboxylic acids is 4. The standard InChI is InChI=1S/C14H21NO9/c1-6(16)20-5-10-12(21-7(2)17)13(22-8(3)18)11(15)14(24-10)23-9(4)19/h10-14H,5,15H2,1-4H3/t10?,11?,12-,13+,14?/m0/s1. The lowest BCUT2D eigenvalue weighted by Crippen LogP contribution is -2.65. The monoisotopic (exact) mass is 347 g/mol. The molecule has 0 bridgehead atoms. The van der Waals surface area contributed by atoms with Crippen molar-refractivity contribution >= 4 is 23.9 Å². The summed E-state index contributed by atoms with van der Waals surface area (Å²) in [5, 5.41) is 0. The van der Waals surface area contributed by atoms with Crippen LogP contribution >= 0.6 is 0 Å². The van der Waals surface area contributed by atoms with Crippen LogP contribution in [0.5, 0.6) is 0 Å². The zero-order valence-electron chi connectivity index (χ0n) is 13.8. The largest absolute Gasteiger partial charge is 0.463 e. The van der Waals surface area contributed by atoms with Gasteiger partial charge in [-0.15, -0.1) is 0 Å². The van der Waals surface area contributed by atoms with Crippen LogP contribution in [0.15, 0.2) is 0 Å². The average molecular weight is 347 g/mol. The van der Waals surface area contributed by atoms with E-state index in [2.05, 4.69) is 0 Å². The summed E-state index contributed by atoms with van der Waals surface area (Å²) in [6.07, 6.45) is -4.58. The Morgan fingerprint density at radius 2 is 1.33 bits per heavy atom. The third-order valence-electron chi connectivity index (χ3n) is 3.03. The molecule has 136 valence electrons. The predicted molar refractivity (Wildman–Crippen MR) is 76.1 cm³/mol. The summed E-state index contributed by atoms with van der Waals surface area (Å²) in [6.45, 7) is 4.32. The topological polar surface area (TPSA) is 140 Å². The van der Waals surface area contributed by atoms with E-state index in [4.69, 9.17) is 29.4 Å². The van der Waals surface area contributed by atoms with Gasteiger partial charge in [0, 0.05) is 27.7 Å². The molecule has 0 aromatic rings. The Morgan fingerprint density at radius 1 is 0.833 bits per heavy atom. The van der Waals surface area contributed by atoms with Crippen LogP contribution in [-0.2, 0) is 42.9 Å². The van der Waals surface area contributed by atoms with Crippen molar-refractivity contribution in [1.29, 1.82) is 0 Å². The van der Waals surface area contributed by atoms with Crippen molar-refractivity contribution in [2.45, 2.75) is 58.3 Å². The van der Waals surface area contributed by atoms with Crippen molar-refractivity contribution in [3.63, 3.8) is 0 Å². The molecular formula is C14H21NO9. The van der Waals surface area contributed by atoms with Gasteiger partial charge >= 0.3 is 23.9 Å². The van der Waals surface area contributed by atoms with Crippen LogP contribution < -0.4 is 5.73 Å². The van der Waals surface area contributed by atoms with Gasteiger partial charge < -0.3 is 29.4 Å². The number of rotatable bonds is 5. The first-order valence-corrected chi connectivity index (χ1v) is 7.18.